The summed E-state index contributed by atoms with van der Waals surface area (Å²) in [5.74, 6) is 1.57. The number of hydrogen-bond acceptors (Lipinski definition) is 6. The fourth-order valence-corrected chi connectivity index (χ4v) is 3.79. The summed E-state index contributed by atoms with van der Waals surface area (Å²) in [5, 5.41) is 12.3. The van der Waals surface area contributed by atoms with Gasteiger partial charge in [-0.05, 0) is 55.0 Å². The molecule has 32 heavy (non-hydrogen) atoms. The standard InChI is InChI=1S/C24H23N5O2S/c1-2-16-31-21-10-8-19(9-11-21)26-22(30)17-32-24-28-27-23(18-12-14-25-15-13-18)29(24)20-6-4-3-5-7-20/h3-15H,2,16-17H2,1H3,(H,26,30). The predicted octanol–water partition coefficient (Wildman–Crippen LogP) is 4.85. The third kappa shape index (κ3) is 5.33. The Kier molecular flexibility index (Phi) is 7.14. The van der Waals surface area contributed by atoms with Gasteiger partial charge in [0.05, 0.1) is 12.4 Å². The van der Waals surface area contributed by atoms with Gasteiger partial charge in [-0.2, -0.15) is 0 Å². The smallest absolute Gasteiger partial charge is 0.234 e. The number of nitrogens with one attached hydrogen (secondary N) is 1. The molecule has 0 aliphatic carbocycles. The van der Waals surface area contributed by atoms with E-state index in [1.807, 2.05) is 71.3 Å². The van der Waals surface area contributed by atoms with Gasteiger partial charge in [-0.15, -0.1) is 10.2 Å². The normalized spacial score (nSPS) is 10.7. The number of carbonyl (C=O) groups excluding carboxylic acids is 1. The van der Waals surface area contributed by atoms with Crippen LogP contribution in [0.4, 0.5) is 5.69 Å². The van der Waals surface area contributed by atoms with Gasteiger partial charge < -0.3 is 10.1 Å². The zero-order chi connectivity index (χ0) is 22.2. The molecule has 162 valence electrons. The van der Waals surface area contributed by atoms with Gasteiger partial charge in [0, 0.05) is 29.3 Å². The third-order valence-corrected chi connectivity index (χ3v) is 5.46. The molecule has 1 amide bonds. The summed E-state index contributed by atoms with van der Waals surface area (Å²) in [6, 6.07) is 21.0. The summed E-state index contributed by atoms with van der Waals surface area (Å²) in [7, 11) is 0. The molecule has 1 N–H and O–H groups in total. The summed E-state index contributed by atoms with van der Waals surface area (Å²) >= 11 is 1.34. The molecule has 0 bridgehead atoms. The van der Waals surface area contributed by atoms with Gasteiger partial charge in [-0.1, -0.05) is 36.9 Å². The molecular formula is C24H23N5O2S. The van der Waals surface area contributed by atoms with Crippen LogP contribution in [0.1, 0.15) is 13.3 Å². The monoisotopic (exact) mass is 445 g/mol. The van der Waals surface area contributed by atoms with Crippen LogP contribution in [-0.4, -0.2) is 38.0 Å². The van der Waals surface area contributed by atoms with Gasteiger partial charge in [0.1, 0.15) is 5.75 Å². The number of carbonyl (C=O) groups is 1. The second-order valence-electron chi connectivity index (χ2n) is 6.92. The third-order valence-electron chi connectivity index (χ3n) is 4.53. The fraction of sp³-hybridized carbons (Fsp3) is 0.167. The molecule has 0 saturated carbocycles. The quantitative estimate of drug-likeness (QED) is 0.371. The highest BCUT2D eigenvalue weighted by Gasteiger charge is 2.17. The van der Waals surface area contributed by atoms with Crippen molar-refractivity contribution in [2.45, 2.75) is 18.5 Å². The Morgan fingerprint density at radius 1 is 1.00 bits per heavy atom. The van der Waals surface area contributed by atoms with Crippen molar-refractivity contribution in [2.24, 2.45) is 0 Å². The number of rotatable bonds is 9. The van der Waals surface area contributed by atoms with E-state index >= 15 is 0 Å². The van der Waals surface area contributed by atoms with Crippen LogP contribution in [0.5, 0.6) is 5.75 Å². The summed E-state index contributed by atoms with van der Waals surface area (Å²) in [6.45, 7) is 2.73. The number of nitrogens with zero attached hydrogens (tertiary/aromatic N) is 4. The minimum atomic E-state index is -0.120. The van der Waals surface area contributed by atoms with Crippen LogP contribution in [0.25, 0.3) is 17.1 Å². The number of ether oxygens (including phenoxy) is 1. The van der Waals surface area contributed by atoms with Crippen LogP contribution in [0.2, 0.25) is 0 Å². The Bertz CT molecular complexity index is 1150. The summed E-state index contributed by atoms with van der Waals surface area (Å²) in [4.78, 5) is 16.6. The molecule has 7 nitrogen and oxygen atoms in total. The first-order chi connectivity index (χ1) is 15.7. The van der Waals surface area contributed by atoms with Crippen molar-refractivity contribution in [2.75, 3.05) is 17.7 Å². The first-order valence-electron chi connectivity index (χ1n) is 10.3. The van der Waals surface area contributed by atoms with Crippen LogP contribution >= 0.6 is 11.8 Å². The van der Waals surface area contributed by atoms with Crippen LogP contribution in [0.15, 0.2) is 84.3 Å². The van der Waals surface area contributed by atoms with Crippen molar-refractivity contribution in [3.05, 3.63) is 79.1 Å². The molecule has 0 atom stereocenters. The first-order valence-corrected chi connectivity index (χ1v) is 11.3. The van der Waals surface area contributed by atoms with Crippen molar-refractivity contribution < 1.29 is 9.53 Å². The Balaban J connectivity index is 1.47. The zero-order valence-corrected chi connectivity index (χ0v) is 18.5. The van der Waals surface area contributed by atoms with E-state index in [4.69, 9.17) is 4.74 Å². The average Bonchev–Trinajstić information content (AvgIpc) is 3.27. The van der Waals surface area contributed by atoms with E-state index in [1.165, 1.54) is 11.8 Å². The maximum Gasteiger partial charge on any atom is 0.234 e. The Morgan fingerprint density at radius 3 is 2.47 bits per heavy atom. The minimum Gasteiger partial charge on any atom is -0.494 e. The SMILES string of the molecule is CCCOc1ccc(NC(=O)CSc2nnc(-c3ccncc3)n2-c2ccccc2)cc1. The lowest BCUT2D eigenvalue weighted by atomic mass is 10.2. The molecule has 2 heterocycles. The molecule has 4 aromatic rings. The van der Waals surface area contributed by atoms with E-state index in [0.29, 0.717) is 17.6 Å². The lowest BCUT2D eigenvalue weighted by molar-refractivity contribution is -0.113. The van der Waals surface area contributed by atoms with Crippen molar-refractivity contribution in [3.63, 3.8) is 0 Å². The molecule has 0 aliphatic heterocycles. The zero-order valence-electron chi connectivity index (χ0n) is 17.6. The summed E-state index contributed by atoms with van der Waals surface area (Å²) < 4.78 is 7.53. The number of thioether (sulfide) groups is 1. The highest BCUT2D eigenvalue weighted by Crippen LogP contribution is 2.27. The van der Waals surface area contributed by atoms with Gasteiger partial charge in [-0.3, -0.25) is 14.3 Å². The van der Waals surface area contributed by atoms with Crippen LogP contribution in [0.3, 0.4) is 0 Å². The molecule has 4 rings (SSSR count). The predicted molar refractivity (Wildman–Crippen MR) is 126 cm³/mol. The molecule has 2 aromatic heterocycles. The largest absolute Gasteiger partial charge is 0.494 e. The summed E-state index contributed by atoms with van der Waals surface area (Å²) in [6.07, 6.45) is 4.39. The molecule has 0 unspecified atom stereocenters. The Labute approximate surface area is 190 Å². The van der Waals surface area contributed by atoms with Crippen LogP contribution in [-0.2, 0) is 4.79 Å². The summed E-state index contributed by atoms with van der Waals surface area (Å²) in [5.41, 5.74) is 2.55. The number of pyridine rings is 1. The first kappa shape index (κ1) is 21.6. The number of aromatic nitrogens is 4. The van der Waals surface area contributed by atoms with Gasteiger partial charge in [0.25, 0.3) is 0 Å². The lowest BCUT2D eigenvalue weighted by Gasteiger charge is -2.10. The van der Waals surface area contributed by atoms with Gasteiger partial charge in [-0.25, -0.2) is 0 Å². The van der Waals surface area contributed by atoms with Gasteiger partial charge in [0.15, 0.2) is 11.0 Å². The van der Waals surface area contributed by atoms with Gasteiger partial charge >= 0.3 is 0 Å². The maximum absolute atomic E-state index is 12.5. The Morgan fingerprint density at radius 2 is 1.75 bits per heavy atom. The van der Waals surface area contributed by atoms with Gasteiger partial charge in [0.2, 0.25) is 5.91 Å². The molecule has 0 radical (unpaired) electrons. The molecule has 0 fully saturated rings. The van der Waals surface area contributed by atoms with Crippen molar-refractivity contribution in [1.29, 1.82) is 0 Å². The number of para-hydroxylation sites is 1. The molecule has 0 aliphatic rings. The molecular weight excluding hydrogens is 422 g/mol. The van der Waals surface area contributed by atoms with Crippen molar-refractivity contribution in [3.8, 4) is 22.8 Å². The van der Waals surface area contributed by atoms with E-state index in [2.05, 4.69) is 27.4 Å². The van der Waals surface area contributed by atoms with E-state index in [1.54, 1.807) is 12.4 Å². The number of anilines is 1. The van der Waals surface area contributed by atoms with Crippen molar-refractivity contribution >= 4 is 23.4 Å². The van der Waals surface area contributed by atoms with E-state index in [-0.39, 0.29) is 11.7 Å². The second kappa shape index (κ2) is 10.6. The highest BCUT2D eigenvalue weighted by molar-refractivity contribution is 7.99. The molecule has 8 heteroatoms. The van der Waals surface area contributed by atoms with E-state index in [0.717, 1.165) is 29.1 Å². The number of benzene rings is 2. The minimum absolute atomic E-state index is 0.120. The highest BCUT2D eigenvalue weighted by atomic mass is 32.2. The van der Waals surface area contributed by atoms with E-state index < -0.39 is 0 Å². The Hall–Kier alpha value is -3.65. The maximum atomic E-state index is 12.5. The average molecular weight is 446 g/mol. The topological polar surface area (TPSA) is 81.9 Å². The molecule has 0 spiro atoms. The van der Waals surface area contributed by atoms with E-state index in [9.17, 15) is 4.79 Å². The second-order valence-corrected chi connectivity index (χ2v) is 7.87. The lowest BCUT2D eigenvalue weighted by Crippen LogP contribution is -2.14. The molecule has 0 saturated heterocycles. The fourth-order valence-electron chi connectivity index (χ4n) is 3.04. The molecule has 2 aromatic carbocycles. The van der Waals surface area contributed by atoms with Crippen LogP contribution < -0.4 is 10.1 Å². The van der Waals surface area contributed by atoms with Crippen LogP contribution in [0, 0.1) is 0 Å². The number of amides is 1. The van der Waals surface area contributed by atoms with Crippen molar-refractivity contribution in [1.82, 2.24) is 19.7 Å². The number of hydrogen-bond donors (Lipinski definition) is 1.